The fourth-order valence-electron chi connectivity index (χ4n) is 3.97. The van der Waals surface area contributed by atoms with Gasteiger partial charge >= 0.3 is 0 Å². The van der Waals surface area contributed by atoms with Crippen LogP contribution < -0.4 is 5.32 Å². The quantitative estimate of drug-likeness (QED) is 0.790. The number of rotatable bonds is 4. The van der Waals surface area contributed by atoms with Crippen molar-refractivity contribution in [3.63, 3.8) is 0 Å². The molecule has 4 unspecified atom stereocenters. The van der Waals surface area contributed by atoms with Crippen LogP contribution in [0, 0.1) is 5.92 Å². The van der Waals surface area contributed by atoms with E-state index < -0.39 is 0 Å². The summed E-state index contributed by atoms with van der Waals surface area (Å²) in [5.41, 5.74) is 0. The first kappa shape index (κ1) is 12.4. The fraction of sp³-hybridized carbons (Fsp3) is 1.00. The number of hydrogen-bond donors (Lipinski definition) is 1. The Hall–Kier alpha value is -0.0800. The van der Waals surface area contributed by atoms with Crippen molar-refractivity contribution in [2.45, 2.75) is 70.5 Å². The third-order valence-electron chi connectivity index (χ3n) is 4.97. The molecule has 0 bridgehead atoms. The van der Waals surface area contributed by atoms with E-state index in [-0.39, 0.29) is 0 Å². The highest BCUT2D eigenvalue weighted by Gasteiger charge is 2.38. The maximum atomic E-state index is 3.48. The van der Waals surface area contributed by atoms with E-state index in [0.717, 1.165) is 12.0 Å². The molecule has 0 aromatic heterocycles. The highest BCUT2D eigenvalue weighted by molar-refractivity contribution is 4.94. The van der Waals surface area contributed by atoms with Gasteiger partial charge in [-0.25, -0.2) is 0 Å². The van der Waals surface area contributed by atoms with Crippen LogP contribution in [0.5, 0.6) is 0 Å². The molecule has 2 fully saturated rings. The van der Waals surface area contributed by atoms with Crippen LogP contribution in [0.1, 0.15) is 52.4 Å². The fourth-order valence-corrected chi connectivity index (χ4v) is 3.97. The maximum absolute atomic E-state index is 3.48. The summed E-state index contributed by atoms with van der Waals surface area (Å²) in [5.74, 6) is 1.02. The molecule has 2 aliphatic rings. The summed E-state index contributed by atoms with van der Waals surface area (Å²) in [6, 6.07) is 2.29. The maximum Gasteiger partial charge on any atom is 0.0223 e. The van der Waals surface area contributed by atoms with Gasteiger partial charge in [0.15, 0.2) is 0 Å². The molecule has 1 saturated heterocycles. The highest BCUT2D eigenvalue weighted by Crippen LogP contribution is 2.37. The minimum absolute atomic E-state index is 0.667. The summed E-state index contributed by atoms with van der Waals surface area (Å²) in [6.07, 6.45) is 8.58. The van der Waals surface area contributed by atoms with Gasteiger partial charge in [-0.3, -0.25) is 4.90 Å². The Morgan fingerprint density at radius 2 is 2.00 bits per heavy atom. The van der Waals surface area contributed by atoms with Crippen LogP contribution in [0.4, 0.5) is 0 Å². The van der Waals surface area contributed by atoms with Gasteiger partial charge in [-0.15, -0.1) is 0 Å². The topological polar surface area (TPSA) is 15.3 Å². The smallest absolute Gasteiger partial charge is 0.0223 e. The molecular formula is C14H28N2. The van der Waals surface area contributed by atoms with Gasteiger partial charge in [0.05, 0.1) is 0 Å². The van der Waals surface area contributed by atoms with Crippen molar-refractivity contribution in [3.8, 4) is 0 Å². The Kier molecular flexibility index (Phi) is 4.26. The molecule has 1 aliphatic heterocycles. The normalized spacial score (nSPS) is 34.7. The number of fused-ring (bicyclic) bond motifs is 1. The lowest BCUT2D eigenvalue weighted by Gasteiger charge is -2.38. The number of nitrogens with zero attached hydrogens (tertiary/aromatic N) is 1. The number of likely N-dealkylation sites (tertiary alicyclic amines) is 1. The Balaban J connectivity index is 1.98. The van der Waals surface area contributed by atoms with Gasteiger partial charge in [0.25, 0.3) is 0 Å². The second-order valence-electron chi connectivity index (χ2n) is 5.68. The number of nitrogens with one attached hydrogen (secondary N) is 1. The Morgan fingerprint density at radius 3 is 2.69 bits per heavy atom. The molecule has 1 heterocycles. The van der Waals surface area contributed by atoms with Crippen LogP contribution in [-0.4, -0.2) is 36.6 Å². The average Bonchev–Trinajstić information content (AvgIpc) is 2.74. The van der Waals surface area contributed by atoms with Crippen molar-refractivity contribution in [2.24, 2.45) is 5.92 Å². The lowest BCUT2D eigenvalue weighted by molar-refractivity contribution is 0.117. The van der Waals surface area contributed by atoms with Crippen molar-refractivity contribution in [3.05, 3.63) is 0 Å². The molecular weight excluding hydrogens is 196 g/mol. The Morgan fingerprint density at radius 1 is 1.25 bits per heavy atom. The molecule has 0 spiro atoms. The lowest BCUT2D eigenvalue weighted by Crippen LogP contribution is -2.50. The minimum atomic E-state index is 0.667. The predicted molar refractivity (Wildman–Crippen MR) is 69.7 cm³/mol. The van der Waals surface area contributed by atoms with E-state index in [1.54, 1.807) is 0 Å². The molecule has 2 nitrogen and oxygen atoms in total. The first-order valence-corrected chi connectivity index (χ1v) is 7.21. The Bertz CT molecular complexity index is 213. The van der Waals surface area contributed by atoms with Gasteiger partial charge in [-0.05, 0) is 52.1 Å². The van der Waals surface area contributed by atoms with Crippen molar-refractivity contribution < 1.29 is 0 Å². The molecule has 2 heteroatoms. The third kappa shape index (κ3) is 2.28. The van der Waals surface area contributed by atoms with Crippen LogP contribution in [0.15, 0.2) is 0 Å². The lowest BCUT2D eigenvalue weighted by atomic mass is 9.84. The van der Waals surface area contributed by atoms with Gasteiger partial charge in [-0.1, -0.05) is 19.8 Å². The van der Waals surface area contributed by atoms with E-state index in [4.69, 9.17) is 0 Å². The van der Waals surface area contributed by atoms with E-state index in [1.165, 1.54) is 45.1 Å². The van der Waals surface area contributed by atoms with Gasteiger partial charge < -0.3 is 5.32 Å². The number of hydrogen-bond acceptors (Lipinski definition) is 2. The summed E-state index contributed by atoms with van der Waals surface area (Å²) in [5, 5.41) is 3.48. The summed E-state index contributed by atoms with van der Waals surface area (Å²) in [7, 11) is 2.11. The van der Waals surface area contributed by atoms with Gasteiger partial charge in [0.1, 0.15) is 0 Å². The van der Waals surface area contributed by atoms with Crippen LogP contribution in [-0.2, 0) is 0 Å². The molecule has 16 heavy (non-hydrogen) atoms. The zero-order chi connectivity index (χ0) is 11.5. The molecule has 2 rings (SSSR count). The zero-order valence-corrected chi connectivity index (χ0v) is 11.2. The highest BCUT2D eigenvalue weighted by atomic mass is 15.2. The molecule has 4 atom stereocenters. The molecule has 0 radical (unpaired) electrons. The number of likely N-dealkylation sites (N-methyl/N-ethyl adjacent to an activating group) is 1. The second-order valence-corrected chi connectivity index (χ2v) is 5.68. The van der Waals surface area contributed by atoms with Gasteiger partial charge in [0.2, 0.25) is 0 Å². The van der Waals surface area contributed by atoms with Crippen LogP contribution in [0.3, 0.4) is 0 Å². The van der Waals surface area contributed by atoms with Crippen LogP contribution in [0.25, 0.3) is 0 Å². The third-order valence-corrected chi connectivity index (χ3v) is 4.97. The summed E-state index contributed by atoms with van der Waals surface area (Å²) < 4.78 is 0. The second kappa shape index (κ2) is 5.50. The first-order chi connectivity index (χ1) is 7.77. The van der Waals surface area contributed by atoms with Crippen molar-refractivity contribution in [1.82, 2.24) is 10.2 Å². The molecule has 0 amide bonds. The van der Waals surface area contributed by atoms with Crippen molar-refractivity contribution in [2.75, 3.05) is 13.6 Å². The molecule has 1 saturated carbocycles. The van der Waals surface area contributed by atoms with Crippen LogP contribution in [0.2, 0.25) is 0 Å². The standard InChI is InChI=1S/C14H28N2/c1-4-13(15-3)11(2)16-10-9-12-7-5-6-8-14(12)16/h11-15H,4-10H2,1-3H3. The van der Waals surface area contributed by atoms with Crippen molar-refractivity contribution >= 4 is 0 Å². The summed E-state index contributed by atoms with van der Waals surface area (Å²) in [6.45, 7) is 6.06. The van der Waals surface area contributed by atoms with E-state index in [9.17, 15) is 0 Å². The average molecular weight is 224 g/mol. The molecule has 0 aromatic carbocycles. The van der Waals surface area contributed by atoms with E-state index in [0.29, 0.717) is 12.1 Å². The molecule has 1 aliphatic carbocycles. The first-order valence-electron chi connectivity index (χ1n) is 7.21. The summed E-state index contributed by atoms with van der Waals surface area (Å²) in [4.78, 5) is 2.80. The van der Waals surface area contributed by atoms with Gasteiger partial charge in [0, 0.05) is 18.1 Å². The van der Waals surface area contributed by atoms with Crippen LogP contribution >= 0.6 is 0 Å². The van der Waals surface area contributed by atoms with E-state index >= 15 is 0 Å². The van der Waals surface area contributed by atoms with Gasteiger partial charge in [-0.2, -0.15) is 0 Å². The predicted octanol–water partition coefficient (Wildman–Crippen LogP) is 2.64. The molecule has 1 N–H and O–H groups in total. The van der Waals surface area contributed by atoms with E-state index in [1.807, 2.05) is 0 Å². The minimum Gasteiger partial charge on any atom is -0.315 e. The molecule has 94 valence electrons. The largest absolute Gasteiger partial charge is 0.315 e. The SMILES string of the molecule is CCC(NC)C(C)N1CCC2CCCCC21. The van der Waals surface area contributed by atoms with Crippen molar-refractivity contribution in [1.29, 1.82) is 0 Å². The molecule has 0 aromatic rings. The Labute approximate surface area is 101 Å². The summed E-state index contributed by atoms with van der Waals surface area (Å²) >= 11 is 0. The monoisotopic (exact) mass is 224 g/mol. The zero-order valence-electron chi connectivity index (χ0n) is 11.2. The van der Waals surface area contributed by atoms with E-state index in [2.05, 4.69) is 31.1 Å².